The first-order valence-corrected chi connectivity index (χ1v) is 5.78. The molecule has 2 aromatic carbocycles. The van der Waals surface area contributed by atoms with E-state index in [0.29, 0.717) is 6.42 Å². The first-order valence-electron chi connectivity index (χ1n) is 5.78. The molecule has 0 spiro atoms. The van der Waals surface area contributed by atoms with Crippen LogP contribution < -0.4 is 5.73 Å². The van der Waals surface area contributed by atoms with E-state index in [2.05, 4.69) is 19.1 Å². The maximum atomic E-state index is 9.00. The molecular formula is C15H17NO. The van der Waals surface area contributed by atoms with E-state index in [1.807, 2.05) is 30.3 Å². The van der Waals surface area contributed by atoms with E-state index in [9.17, 15) is 0 Å². The molecule has 0 aliphatic rings. The highest BCUT2D eigenvalue weighted by Gasteiger charge is 2.08. The van der Waals surface area contributed by atoms with Gasteiger partial charge in [0.05, 0.1) is 0 Å². The lowest BCUT2D eigenvalue weighted by atomic mass is 9.96. The predicted octanol–water partition coefficient (Wildman–Crippen LogP) is 2.78. The average Bonchev–Trinajstić information content (AvgIpc) is 2.33. The summed E-state index contributed by atoms with van der Waals surface area (Å²) >= 11 is 0. The van der Waals surface area contributed by atoms with Gasteiger partial charge < -0.3 is 10.8 Å². The molecule has 0 aliphatic heterocycles. The molecule has 0 amide bonds. The van der Waals surface area contributed by atoms with Gasteiger partial charge in [0, 0.05) is 17.9 Å². The number of aliphatic hydroxyl groups is 1. The Morgan fingerprint density at radius 1 is 1.00 bits per heavy atom. The third-order valence-electron chi connectivity index (χ3n) is 3.01. The fraction of sp³-hybridized carbons (Fsp3) is 0.200. The second-order valence-electron chi connectivity index (χ2n) is 4.17. The highest BCUT2D eigenvalue weighted by molar-refractivity contribution is 5.80. The van der Waals surface area contributed by atoms with E-state index in [1.165, 1.54) is 5.56 Å². The third kappa shape index (κ3) is 2.32. The van der Waals surface area contributed by atoms with Crippen molar-refractivity contribution < 1.29 is 5.11 Å². The highest BCUT2D eigenvalue weighted by atomic mass is 16.2. The molecule has 0 fully saturated rings. The molecule has 2 nitrogen and oxygen atoms in total. The Bertz CT molecular complexity index is 520. The summed E-state index contributed by atoms with van der Waals surface area (Å²) in [6, 6.07) is 14.2. The van der Waals surface area contributed by atoms with Gasteiger partial charge in [-0.3, -0.25) is 0 Å². The van der Waals surface area contributed by atoms with Crippen molar-refractivity contribution in [3.8, 4) is 11.1 Å². The van der Waals surface area contributed by atoms with E-state index < -0.39 is 0 Å². The van der Waals surface area contributed by atoms with E-state index in [0.717, 1.165) is 22.4 Å². The summed E-state index contributed by atoms with van der Waals surface area (Å²) in [4.78, 5) is 0. The van der Waals surface area contributed by atoms with Gasteiger partial charge in [-0.05, 0) is 30.0 Å². The zero-order valence-electron chi connectivity index (χ0n) is 9.98. The number of benzene rings is 2. The standard InChI is InChI=1S/C15H17NO/c1-11-5-2-3-7-13(11)14-8-4-6-12(9-10-17)15(14)16/h2-8,17H,9-10,16H2,1H3. The molecule has 2 heteroatoms. The molecular weight excluding hydrogens is 210 g/mol. The predicted molar refractivity (Wildman–Crippen MR) is 71.8 cm³/mol. The number of nitrogens with two attached hydrogens (primary N) is 1. The minimum atomic E-state index is 0.126. The maximum Gasteiger partial charge on any atom is 0.0472 e. The number of hydrogen-bond donors (Lipinski definition) is 2. The van der Waals surface area contributed by atoms with Gasteiger partial charge in [0.25, 0.3) is 0 Å². The highest BCUT2D eigenvalue weighted by Crippen LogP contribution is 2.30. The molecule has 0 saturated carbocycles. The molecule has 17 heavy (non-hydrogen) atoms. The fourth-order valence-electron chi connectivity index (χ4n) is 2.06. The number of nitrogen functional groups attached to an aromatic ring is 1. The van der Waals surface area contributed by atoms with Gasteiger partial charge in [-0.15, -0.1) is 0 Å². The lowest BCUT2D eigenvalue weighted by Crippen LogP contribution is -2.00. The monoisotopic (exact) mass is 227 g/mol. The van der Waals surface area contributed by atoms with Crippen LogP contribution in [0.2, 0.25) is 0 Å². The summed E-state index contributed by atoms with van der Waals surface area (Å²) in [5.74, 6) is 0. The number of rotatable bonds is 3. The minimum absolute atomic E-state index is 0.126. The Hall–Kier alpha value is -1.80. The van der Waals surface area contributed by atoms with Crippen molar-refractivity contribution in [3.63, 3.8) is 0 Å². The largest absolute Gasteiger partial charge is 0.398 e. The van der Waals surface area contributed by atoms with E-state index in [-0.39, 0.29) is 6.61 Å². The van der Waals surface area contributed by atoms with E-state index in [4.69, 9.17) is 10.8 Å². The van der Waals surface area contributed by atoms with Gasteiger partial charge in [-0.25, -0.2) is 0 Å². The van der Waals surface area contributed by atoms with Crippen molar-refractivity contribution in [2.75, 3.05) is 12.3 Å². The van der Waals surface area contributed by atoms with Crippen LogP contribution in [-0.4, -0.2) is 11.7 Å². The van der Waals surface area contributed by atoms with Crippen LogP contribution in [0, 0.1) is 6.92 Å². The molecule has 0 saturated heterocycles. The molecule has 0 aromatic heterocycles. The zero-order valence-corrected chi connectivity index (χ0v) is 9.98. The summed E-state index contributed by atoms with van der Waals surface area (Å²) < 4.78 is 0. The van der Waals surface area contributed by atoms with Crippen molar-refractivity contribution in [2.24, 2.45) is 0 Å². The maximum absolute atomic E-state index is 9.00. The third-order valence-corrected chi connectivity index (χ3v) is 3.01. The second kappa shape index (κ2) is 5.02. The molecule has 0 bridgehead atoms. The Balaban J connectivity index is 2.53. The molecule has 0 atom stereocenters. The van der Waals surface area contributed by atoms with E-state index in [1.54, 1.807) is 0 Å². The van der Waals surface area contributed by atoms with Crippen LogP contribution in [0.4, 0.5) is 5.69 Å². The Morgan fingerprint density at radius 2 is 1.71 bits per heavy atom. The number of aliphatic hydroxyl groups excluding tert-OH is 1. The van der Waals surface area contributed by atoms with Gasteiger partial charge in [0.2, 0.25) is 0 Å². The molecule has 3 N–H and O–H groups in total. The zero-order chi connectivity index (χ0) is 12.3. The molecule has 0 unspecified atom stereocenters. The summed E-state index contributed by atoms with van der Waals surface area (Å²) in [7, 11) is 0. The van der Waals surface area contributed by atoms with Crippen LogP contribution >= 0.6 is 0 Å². The van der Waals surface area contributed by atoms with Crippen LogP contribution in [0.3, 0.4) is 0 Å². The molecule has 88 valence electrons. The molecule has 0 heterocycles. The van der Waals surface area contributed by atoms with Crippen LogP contribution in [0.1, 0.15) is 11.1 Å². The number of aryl methyl sites for hydroxylation is 1. The smallest absolute Gasteiger partial charge is 0.0472 e. The van der Waals surface area contributed by atoms with Crippen molar-refractivity contribution in [3.05, 3.63) is 53.6 Å². The summed E-state index contributed by atoms with van der Waals surface area (Å²) in [5.41, 5.74) is 11.4. The number of anilines is 1. The van der Waals surface area contributed by atoms with Crippen molar-refractivity contribution in [1.29, 1.82) is 0 Å². The van der Waals surface area contributed by atoms with Crippen molar-refractivity contribution in [2.45, 2.75) is 13.3 Å². The summed E-state index contributed by atoms with van der Waals surface area (Å²) in [6.07, 6.45) is 0.603. The lowest BCUT2D eigenvalue weighted by molar-refractivity contribution is 0.300. The minimum Gasteiger partial charge on any atom is -0.398 e. The lowest BCUT2D eigenvalue weighted by Gasteiger charge is -2.12. The summed E-state index contributed by atoms with van der Waals surface area (Å²) in [6.45, 7) is 2.20. The van der Waals surface area contributed by atoms with Gasteiger partial charge in [0.15, 0.2) is 0 Å². The van der Waals surface area contributed by atoms with E-state index >= 15 is 0 Å². The van der Waals surface area contributed by atoms with Gasteiger partial charge in [-0.1, -0.05) is 42.5 Å². The number of hydrogen-bond acceptors (Lipinski definition) is 2. The molecule has 0 radical (unpaired) electrons. The Kier molecular flexibility index (Phi) is 3.45. The van der Waals surface area contributed by atoms with Gasteiger partial charge >= 0.3 is 0 Å². The Labute approximate surface area is 102 Å². The average molecular weight is 227 g/mol. The normalized spacial score (nSPS) is 10.5. The Morgan fingerprint density at radius 3 is 2.41 bits per heavy atom. The van der Waals surface area contributed by atoms with Crippen LogP contribution in [0.25, 0.3) is 11.1 Å². The second-order valence-corrected chi connectivity index (χ2v) is 4.17. The van der Waals surface area contributed by atoms with Crippen molar-refractivity contribution in [1.82, 2.24) is 0 Å². The van der Waals surface area contributed by atoms with Crippen molar-refractivity contribution >= 4 is 5.69 Å². The topological polar surface area (TPSA) is 46.2 Å². The van der Waals surface area contributed by atoms with Gasteiger partial charge in [-0.2, -0.15) is 0 Å². The molecule has 2 rings (SSSR count). The molecule has 2 aromatic rings. The quantitative estimate of drug-likeness (QED) is 0.792. The fourth-order valence-corrected chi connectivity index (χ4v) is 2.06. The van der Waals surface area contributed by atoms with Gasteiger partial charge in [0.1, 0.15) is 0 Å². The SMILES string of the molecule is Cc1ccccc1-c1cccc(CCO)c1N. The first kappa shape index (κ1) is 11.7. The van der Waals surface area contributed by atoms with Crippen LogP contribution in [0.15, 0.2) is 42.5 Å². The summed E-state index contributed by atoms with van der Waals surface area (Å²) in [5, 5.41) is 9.00. The molecule has 0 aliphatic carbocycles. The first-order chi connectivity index (χ1) is 8.24. The number of para-hydroxylation sites is 1. The van der Waals surface area contributed by atoms with Crippen LogP contribution in [-0.2, 0) is 6.42 Å². The van der Waals surface area contributed by atoms with Crippen LogP contribution in [0.5, 0.6) is 0 Å².